The van der Waals surface area contributed by atoms with Crippen LogP contribution >= 0.6 is 11.3 Å². The Balaban J connectivity index is 2.56. The summed E-state index contributed by atoms with van der Waals surface area (Å²) in [5.41, 5.74) is 6.94. The van der Waals surface area contributed by atoms with Crippen molar-refractivity contribution in [1.29, 1.82) is 0 Å². The van der Waals surface area contributed by atoms with Crippen LogP contribution in [0.2, 0.25) is 0 Å². The Labute approximate surface area is 67.5 Å². The second kappa shape index (κ2) is 2.14. The number of aliphatic hydroxyl groups is 1. The number of hydrogen-bond acceptors (Lipinski definition) is 4. The van der Waals surface area contributed by atoms with Crippen LogP contribution in [0.25, 0.3) is 0 Å². The van der Waals surface area contributed by atoms with Gasteiger partial charge in [0.25, 0.3) is 0 Å². The number of ketones is 1. The number of rotatable bonds is 0. The molecule has 3 N–H and O–H groups in total. The minimum Gasteiger partial charge on any atom is -0.383 e. The third-order valence-corrected chi connectivity index (χ3v) is 2.69. The van der Waals surface area contributed by atoms with Gasteiger partial charge in [-0.2, -0.15) is 11.3 Å². The fourth-order valence-corrected chi connectivity index (χ4v) is 2.14. The normalized spacial score (nSPS) is 29.1. The van der Waals surface area contributed by atoms with E-state index in [9.17, 15) is 9.90 Å². The van der Waals surface area contributed by atoms with Gasteiger partial charge < -0.3 is 10.8 Å². The van der Waals surface area contributed by atoms with Crippen molar-refractivity contribution in [3.05, 3.63) is 21.9 Å². The van der Waals surface area contributed by atoms with Gasteiger partial charge in [-0.25, -0.2) is 0 Å². The first-order valence-corrected chi connectivity index (χ1v) is 4.20. The number of aliphatic hydroxyl groups excluding tert-OH is 1. The smallest absolute Gasteiger partial charge is 0.194 e. The van der Waals surface area contributed by atoms with Gasteiger partial charge in [0.1, 0.15) is 6.10 Å². The average Bonchev–Trinajstić information content (AvgIpc) is 2.53. The summed E-state index contributed by atoms with van der Waals surface area (Å²) in [7, 11) is 0. The summed E-state index contributed by atoms with van der Waals surface area (Å²) in [6.45, 7) is 0. The zero-order chi connectivity index (χ0) is 8.01. The molecule has 1 aromatic rings. The summed E-state index contributed by atoms with van der Waals surface area (Å²) >= 11 is 1.44. The van der Waals surface area contributed by atoms with Crippen molar-refractivity contribution in [3.8, 4) is 0 Å². The van der Waals surface area contributed by atoms with E-state index in [2.05, 4.69) is 0 Å². The lowest BCUT2D eigenvalue weighted by Gasteiger charge is -2.05. The molecule has 0 aliphatic heterocycles. The highest BCUT2D eigenvalue weighted by atomic mass is 32.1. The molecule has 0 amide bonds. The molecule has 1 aliphatic rings. The number of Topliss-reactive ketones (excluding diaryl/α,β-unsaturated/α-hetero) is 1. The van der Waals surface area contributed by atoms with E-state index in [-0.39, 0.29) is 5.78 Å². The van der Waals surface area contributed by atoms with Crippen molar-refractivity contribution < 1.29 is 9.90 Å². The van der Waals surface area contributed by atoms with Crippen molar-refractivity contribution in [2.24, 2.45) is 5.73 Å². The first kappa shape index (κ1) is 6.97. The molecule has 0 aromatic carbocycles. The highest BCUT2D eigenvalue weighted by Crippen LogP contribution is 2.32. The largest absolute Gasteiger partial charge is 0.383 e. The van der Waals surface area contributed by atoms with Crippen molar-refractivity contribution in [2.75, 3.05) is 0 Å². The first-order chi connectivity index (χ1) is 5.22. The van der Waals surface area contributed by atoms with E-state index >= 15 is 0 Å². The van der Waals surface area contributed by atoms with Gasteiger partial charge >= 0.3 is 0 Å². The monoisotopic (exact) mass is 169 g/mol. The molecule has 0 saturated carbocycles. The molecule has 2 atom stereocenters. The predicted octanol–water partition coefficient (Wildman–Crippen LogP) is 0.305. The number of nitrogens with two attached hydrogens (primary N) is 1. The van der Waals surface area contributed by atoms with E-state index in [1.54, 1.807) is 5.38 Å². The maximum absolute atomic E-state index is 11.1. The predicted molar refractivity (Wildman–Crippen MR) is 41.6 cm³/mol. The SMILES string of the molecule is NC1c2cscc2C(=O)C1O. The lowest BCUT2D eigenvalue weighted by molar-refractivity contribution is 0.0736. The lowest BCUT2D eigenvalue weighted by Crippen LogP contribution is -2.25. The molecule has 0 fully saturated rings. The fourth-order valence-electron chi connectivity index (χ4n) is 1.26. The second-order valence-electron chi connectivity index (χ2n) is 2.58. The van der Waals surface area contributed by atoms with Crippen LogP contribution in [0.15, 0.2) is 10.8 Å². The Morgan fingerprint density at radius 1 is 1.55 bits per heavy atom. The molecule has 0 radical (unpaired) electrons. The molecule has 58 valence electrons. The molecular weight excluding hydrogens is 162 g/mol. The van der Waals surface area contributed by atoms with Gasteiger partial charge in [-0.05, 0) is 10.9 Å². The van der Waals surface area contributed by atoms with Crippen LogP contribution in [0, 0.1) is 0 Å². The summed E-state index contributed by atoms with van der Waals surface area (Å²) in [6.07, 6.45) is -1.02. The van der Waals surface area contributed by atoms with Gasteiger partial charge in [0.15, 0.2) is 5.78 Å². The van der Waals surface area contributed by atoms with Crippen molar-refractivity contribution in [2.45, 2.75) is 12.1 Å². The van der Waals surface area contributed by atoms with Crippen LogP contribution in [-0.2, 0) is 0 Å². The van der Waals surface area contributed by atoms with Crippen LogP contribution in [0.5, 0.6) is 0 Å². The summed E-state index contributed by atoms with van der Waals surface area (Å²) < 4.78 is 0. The fraction of sp³-hybridized carbons (Fsp3) is 0.286. The number of carbonyl (C=O) groups excluding carboxylic acids is 1. The van der Waals surface area contributed by atoms with E-state index in [4.69, 9.17) is 5.73 Å². The van der Waals surface area contributed by atoms with Crippen LogP contribution < -0.4 is 5.73 Å². The van der Waals surface area contributed by atoms with Crippen molar-refractivity contribution >= 4 is 17.1 Å². The van der Waals surface area contributed by atoms with E-state index < -0.39 is 12.1 Å². The Kier molecular flexibility index (Phi) is 1.35. The number of hydrogen-bond donors (Lipinski definition) is 2. The zero-order valence-corrected chi connectivity index (χ0v) is 6.47. The van der Waals surface area contributed by atoms with Gasteiger partial charge in [0.2, 0.25) is 0 Å². The third-order valence-electron chi connectivity index (χ3n) is 1.93. The van der Waals surface area contributed by atoms with Gasteiger partial charge in [-0.15, -0.1) is 0 Å². The molecule has 1 heterocycles. The Morgan fingerprint density at radius 2 is 2.27 bits per heavy atom. The molecule has 2 rings (SSSR count). The maximum Gasteiger partial charge on any atom is 0.194 e. The molecule has 0 saturated heterocycles. The molecule has 2 unspecified atom stereocenters. The second-order valence-corrected chi connectivity index (χ2v) is 3.32. The Hall–Kier alpha value is -0.710. The molecule has 0 spiro atoms. The molecule has 11 heavy (non-hydrogen) atoms. The van der Waals surface area contributed by atoms with E-state index in [1.165, 1.54) is 11.3 Å². The van der Waals surface area contributed by atoms with Crippen molar-refractivity contribution in [1.82, 2.24) is 0 Å². The third kappa shape index (κ3) is 0.772. The van der Waals surface area contributed by atoms with Crippen LogP contribution in [0.4, 0.5) is 0 Å². The summed E-state index contributed by atoms with van der Waals surface area (Å²) in [5, 5.41) is 12.8. The maximum atomic E-state index is 11.1. The highest BCUT2D eigenvalue weighted by molar-refractivity contribution is 7.08. The molecule has 1 aliphatic carbocycles. The summed E-state index contributed by atoms with van der Waals surface area (Å²) in [5.74, 6) is -0.242. The topological polar surface area (TPSA) is 63.3 Å². The minimum atomic E-state index is -1.02. The minimum absolute atomic E-state index is 0.242. The molecular formula is C7H7NO2S. The summed E-state index contributed by atoms with van der Waals surface area (Å²) in [4.78, 5) is 11.1. The van der Waals surface area contributed by atoms with Gasteiger partial charge in [-0.3, -0.25) is 4.79 Å². The van der Waals surface area contributed by atoms with Gasteiger partial charge in [0.05, 0.1) is 6.04 Å². The first-order valence-electron chi connectivity index (χ1n) is 3.26. The standard InChI is InChI=1S/C7H7NO2S/c8-5-3-1-11-2-4(3)6(9)7(5)10/h1-2,5,7,10H,8H2. The number of thiophene rings is 1. The average molecular weight is 169 g/mol. The Morgan fingerprint density at radius 3 is 2.91 bits per heavy atom. The number of carbonyl (C=O) groups is 1. The number of fused-ring (bicyclic) bond motifs is 1. The lowest BCUT2D eigenvalue weighted by atomic mass is 10.2. The molecule has 3 nitrogen and oxygen atoms in total. The van der Waals surface area contributed by atoms with E-state index in [1.807, 2.05) is 5.38 Å². The van der Waals surface area contributed by atoms with Gasteiger partial charge in [0, 0.05) is 10.9 Å². The quantitative estimate of drug-likeness (QED) is 0.587. The van der Waals surface area contributed by atoms with E-state index in [0.717, 1.165) is 5.56 Å². The molecule has 4 heteroatoms. The van der Waals surface area contributed by atoms with Gasteiger partial charge in [-0.1, -0.05) is 0 Å². The van der Waals surface area contributed by atoms with E-state index in [0.29, 0.717) is 5.56 Å². The molecule has 1 aromatic heterocycles. The van der Waals surface area contributed by atoms with Crippen LogP contribution in [-0.4, -0.2) is 17.0 Å². The van der Waals surface area contributed by atoms with Crippen LogP contribution in [0.1, 0.15) is 22.0 Å². The van der Waals surface area contributed by atoms with Crippen LogP contribution in [0.3, 0.4) is 0 Å². The molecule has 0 bridgehead atoms. The zero-order valence-electron chi connectivity index (χ0n) is 5.65. The highest BCUT2D eigenvalue weighted by Gasteiger charge is 2.36. The van der Waals surface area contributed by atoms with Crippen molar-refractivity contribution in [3.63, 3.8) is 0 Å². The Bertz CT molecular complexity index is 307. The summed E-state index contributed by atoms with van der Waals surface area (Å²) in [6, 6.07) is -0.510.